The second-order valence-electron chi connectivity index (χ2n) is 13.5. The third-order valence-corrected chi connectivity index (χ3v) is 12.8. The van der Waals surface area contributed by atoms with Gasteiger partial charge in [0.1, 0.15) is 5.00 Å². The third-order valence-electron chi connectivity index (χ3n) is 9.64. The number of esters is 2. The number of methoxy groups -OCH3 is 1. The van der Waals surface area contributed by atoms with Crippen LogP contribution in [0, 0.1) is 0 Å². The molecule has 0 spiro atoms. The van der Waals surface area contributed by atoms with Gasteiger partial charge < -0.3 is 20.1 Å². The van der Waals surface area contributed by atoms with Gasteiger partial charge in [0, 0.05) is 35.1 Å². The molecule has 2 N–H and O–H groups in total. The minimum Gasteiger partial charge on any atom is -0.466 e. The van der Waals surface area contributed by atoms with Crippen LogP contribution in [0.15, 0.2) is 77.7 Å². The van der Waals surface area contributed by atoms with Gasteiger partial charge in [0.05, 0.1) is 29.7 Å². The number of rotatable bonds is 16. The first-order chi connectivity index (χ1) is 26.1. The zero-order valence-electron chi connectivity index (χ0n) is 30.5. The van der Waals surface area contributed by atoms with Gasteiger partial charge in [-0.25, -0.2) is 13.2 Å². The lowest BCUT2D eigenvalue weighted by Crippen LogP contribution is -2.34. The summed E-state index contributed by atoms with van der Waals surface area (Å²) in [6.07, 6.45) is 6.98. The summed E-state index contributed by atoms with van der Waals surface area (Å²) in [5.41, 5.74) is 4.85. The fraction of sp³-hybridized carbons (Fsp3) is 0.366. The highest BCUT2D eigenvalue weighted by atomic mass is 32.2. The van der Waals surface area contributed by atoms with Crippen LogP contribution in [-0.2, 0) is 50.0 Å². The summed E-state index contributed by atoms with van der Waals surface area (Å²) in [7, 11) is -2.58. The fourth-order valence-electron chi connectivity index (χ4n) is 6.64. The Morgan fingerprint density at radius 1 is 0.852 bits per heavy atom. The molecule has 3 aromatic carbocycles. The Bertz CT molecular complexity index is 2110. The van der Waals surface area contributed by atoms with Crippen molar-refractivity contribution in [2.24, 2.45) is 0 Å². The van der Waals surface area contributed by atoms with Crippen molar-refractivity contribution < 1.29 is 37.1 Å². The number of fused-ring (bicyclic) bond motifs is 1. The van der Waals surface area contributed by atoms with Crippen LogP contribution in [0.25, 0.3) is 0 Å². The number of sulfonamides is 1. The molecule has 2 amide bonds. The van der Waals surface area contributed by atoms with Crippen LogP contribution in [0.1, 0.15) is 98.1 Å². The standard InChI is InChI=1S/C41H45N3O8S2/c1-3-52-36(45)12-7-25-44(32-23-24-32)54(49,50)33-9-6-8-30(26-33)38(46)43-40-37(34-10-4-5-11-35(34)53-40)39(47)42-31-21-17-28(18-22-31)14-13-27-15-19-29(20-16-27)41(48)51-2/h6,8-9,15-22,26,32H,3-5,7,10-14,23-25H2,1-2H3,(H,42,47)(H,43,46). The van der Waals surface area contributed by atoms with Crippen LogP contribution >= 0.6 is 11.3 Å². The summed E-state index contributed by atoms with van der Waals surface area (Å²) in [6, 6.07) is 20.8. The molecule has 0 radical (unpaired) electrons. The molecular weight excluding hydrogens is 727 g/mol. The first-order valence-electron chi connectivity index (χ1n) is 18.4. The number of benzene rings is 3. The van der Waals surface area contributed by atoms with E-state index in [1.807, 2.05) is 36.4 Å². The van der Waals surface area contributed by atoms with E-state index in [9.17, 15) is 27.6 Å². The van der Waals surface area contributed by atoms with Crippen molar-refractivity contribution in [3.8, 4) is 0 Å². The lowest BCUT2D eigenvalue weighted by atomic mass is 9.95. The predicted octanol–water partition coefficient (Wildman–Crippen LogP) is 7.20. The number of hydrogen-bond acceptors (Lipinski definition) is 9. The monoisotopic (exact) mass is 771 g/mol. The van der Waals surface area contributed by atoms with E-state index in [0.717, 1.165) is 72.9 Å². The Balaban J connectivity index is 1.13. The van der Waals surface area contributed by atoms with Gasteiger partial charge in [0.15, 0.2) is 0 Å². The van der Waals surface area contributed by atoms with Gasteiger partial charge in [-0.05, 0) is 124 Å². The number of carbonyl (C=O) groups is 4. The van der Waals surface area contributed by atoms with E-state index in [1.54, 1.807) is 31.2 Å². The number of anilines is 2. The molecule has 13 heteroatoms. The molecule has 0 atom stereocenters. The number of carbonyl (C=O) groups excluding carboxylic acids is 4. The van der Waals surface area contributed by atoms with Gasteiger partial charge in [-0.2, -0.15) is 4.31 Å². The average Bonchev–Trinajstić information content (AvgIpc) is 3.95. The molecular formula is C41H45N3O8S2. The summed E-state index contributed by atoms with van der Waals surface area (Å²) in [5.74, 6) is -1.56. The molecule has 1 aromatic heterocycles. The Kier molecular flexibility index (Phi) is 12.6. The number of aryl methyl sites for hydroxylation is 3. The lowest BCUT2D eigenvalue weighted by Gasteiger charge is -2.22. The largest absolute Gasteiger partial charge is 0.466 e. The van der Waals surface area contributed by atoms with Crippen molar-refractivity contribution in [3.63, 3.8) is 0 Å². The van der Waals surface area contributed by atoms with Crippen molar-refractivity contribution in [2.75, 3.05) is 30.9 Å². The Morgan fingerprint density at radius 2 is 1.54 bits per heavy atom. The summed E-state index contributed by atoms with van der Waals surface area (Å²) in [4.78, 5) is 52.2. The second-order valence-corrected chi connectivity index (χ2v) is 16.5. The van der Waals surface area contributed by atoms with E-state index in [0.29, 0.717) is 28.2 Å². The molecule has 2 aliphatic rings. The molecule has 0 unspecified atom stereocenters. The molecule has 54 heavy (non-hydrogen) atoms. The van der Waals surface area contributed by atoms with Gasteiger partial charge in [-0.1, -0.05) is 30.3 Å². The first kappa shape index (κ1) is 38.9. The molecule has 1 saturated carbocycles. The quantitative estimate of drug-likeness (QED) is 0.114. The van der Waals surface area contributed by atoms with Gasteiger partial charge >= 0.3 is 11.9 Å². The van der Waals surface area contributed by atoms with Crippen molar-refractivity contribution in [3.05, 3.63) is 111 Å². The van der Waals surface area contributed by atoms with Crippen molar-refractivity contribution in [1.82, 2.24) is 4.31 Å². The van der Waals surface area contributed by atoms with Gasteiger partial charge in [0.25, 0.3) is 11.8 Å². The Labute approximate surface area is 320 Å². The van der Waals surface area contributed by atoms with Crippen LogP contribution < -0.4 is 10.6 Å². The van der Waals surface area contributed by atoms with Crippen LogP contribution in [0.4, 0.5) is 10.7 Å². The molecule has 6 rings (SSSR count). The average molecular weight is 772 g/mol. The Morgan fingerprint density at radius 3 is 2.20 bits per heavy atom. The minimum absolute atomic E-state index is 0.00143. The molecule has 1 fully saturated rings. The molecule has 0 saturated heterocycles. The van der Waals surface area contributed by atoms with E-state index in [-0.39, 0.29) is 53.9 Å². The highest BCUT2D eigenvalue weighted by Gasteiger charge is 2.38. The molecule has 11 nitrogen and oxygen atoms in total. The maximum absolute atomic E-state index is 13.9. The van der Waals surface area contributed by atoms with Crippen LogP contribution in [0.5, 0.6) is 0 Å². The number of hydrogen-bond donors (Lipinski definition) is 2. The molecule has 0 aliphatic heterocycles. The van der Waals surface area contributed by atoms with E-state index in [2.05, 4.69) is 10.6 Å². The van der Waals surface area contributed by atoms with Crippen molar-refractivity contribution >= 4 is 55.8 Å². The van der Waals surface area contributed by atoms with E-state index in [1.165, 1.54) is 34.9 Å². The van der Waals surface area contributed by atoms with Gasteiger partial charge in [-0.15, -0.1) is 11.3 Å². The number of ether oxygens (including phenoxy) is 2. The topological polar surface area (TPSA) is 148 Å². The molecule has 284 valence electrons. The van der Waals surface area contributed by atoms with Crippen LogP contribution in [-0.4, -0.2) is 62.8 Å². The lowest BCUT2D eigenvalue weighted by molar-refractivity contribution is -0.143. The highest BCUT2D eigenvalue weighted by molar-refractivity contribution is 7.89. The van der Waals surface area contributed by atoms with Crippen LogP contribution in [0.3, 0.4) is 0 Å². The van der Waals surface area contributed by atoms with Crippen LogP contribution in [0.2, 0.25) is 0 Å². The highest BCUT2D eigenvalue weighted by Crippen LogP contribution is 2.39. The van der Waals surface area contributed by atoms with E-state index >= 15 is 0 Å². The zero-order valence-corrected chi connectivity index (χ0v) is 32.2. The van der Waals surface area contributed by atoms with E-state index < -0.39 is 15.9 Å². The fourth-order valence-corrected chi connectivity index (χ4v) is 9.69. The predicted molar refractivity (Wildman–Crippen MR) is 208 cm³/mol. The SMILES string of the molecule is CCOC(=O)CCCN(C1CC1)S(=O)(=O)c1cccc(C(=O)Nc2sc3c(c2C(=O)Nc2ccc(CCc4ccc(C(=O)OC)cc4)cc2)CCCC3)c1. The molecule has 0 bridgehead atoms. The summed E-state index contributed by atoms with van der Waals surface area (Å²) in [6.45, 7) is 2.18. The van der Waals surface area contributed by atoms with E-state index in [4.69, 9.17) is 9.47 Å². The number of amides is 2. The summed E-state index contributed by atoms with van der Waals surface area (Å²) >= 11 is 1.39. The minimum atomic E-state index is -3.94. The van der Waals surface area contributed by atoms with Crippen molar-refractivity contribution in [1.29, 1.82) is 0 Å². The number of thiophene rings is 1. The van der Waals surface area contributed by atoms with Gasteiger partial charge in [-0.3, -0.25) is 14.4 Å². The molecule has 4 aromatic rings. The summed E-state index contributed by atoms with van der Waals surface area (Å²) < 4.78 is 38.7. The zero-order chi connectivity index (χ0) is 38.2. The Hall–Kier alpha value is -4.85. The maximum atomic E-state index is 13.9. The maximum Gasteiger partial charge on any atom is 0.337 e. The smallest absolute Gasteiger partial charge is 0.337 e. The molecule has 1 heterocycles. The third kappa shape index (κ3) is 9.44. The number of nitrogens with zero attached hydrogens (tertiary/aromatic N) is 1. The number of nitrogens with one attached hydrogen (secondary N) is 2. The molecule has 2 aliphatic carbocycles. The van der Waals surface area contributed by atoms with Crippen molar-refractivity contribution in [2.45, 2.75) is 82.1 Å². The normalized spacial score (nSPS) is 13.9. The summed E-state index contributed by atoms with van der Waals surface area (Å²) in [5, 5.41) is 6.39. The second kappa shape index (κ2) is 17.5. The first-order valence-corrected chi connectivity index (χ1v) is 20.6. The van der Waals surface area contributed by atoms with Gasteiger partial charge in [0.2, 0.25) is 10.0 Å².